The number of thiocarbonyl (C=S) groups is 1. The molecular weight excluding hydrogens is 314 g/mol. The van der Waals surface area contributed by atoms with E-state index in [1.54, 1.807) is 0 Å². The van der Waals surface area contributed by atoms with Gasteiger partial charge in [-0.3, -0.25) is 0 Å². The second-order valence-electron chi connectivity index (χ2n) is 6.06. The highest BCUT2D eigenvalue weighted by Crippen LogP contribution is 2.20. The first-order chi connectivity index (χ1) is 11.5. The predicted molar refractivity (Wildman–Crippen MR) is 110 cm³/mol. The first-order valence-electron chi connectivity index (χ1n) is 8.57. The molecule has 2 aromatic carbocycles. The molecule has 24 heavy (non-hydrogen) atoms. The van der Waals surface area contributed by atoms with Crippen LogP contribution in [0.1, 0.15) is 33.3 Å². The monoisotopic (exact) mass is 341 g/mol. The number of benzene rings is 2. The molecule has 0 aromatic heterocycles. The van der Waals surface area contributed by atoms with E-state index in [1.165, 1.54) is 11.3 Å². The highest BCUT2D eigenvalue weighted by Gasteiger charge is 2.08. The Morgan fingerprint density at radius 2 is 1.67 bits per heavy atom. The highest BCUT2D eigenvalue weighted by molar-refractivity contribution is 7.80. The van der Waals surface area contributed by atoms with Crippen LogP contribution in [-0.4, -0.2) is 17.7 Å². The maximum Gasteiger partial charge on any atom is 0.175 e. The van der Waals surface area contributed by atoms with Crippen molar-refractivity contribution in [3.05, 3.63) is 54.1 Å². The quantitative estimate of drug-likeness (QED) is 0.698. The molecule has 2 rings (SSSR count). The van der Waals surface area contributed by atoms with Crippen molar-refractivity contribution in [3.63, 3.8) is 0 Å². The molecule has 0 fully saturated rings. The van der Waals surface area contributed by atoms with Gasteiger partial charge in [-0.05, 0) is 81.4 Å². The molecule has 4 heteroatoms. The van der Waals surface area contributed by atoms with Gasteiger partial charge in [-0.25, -0.2) is 0 Å². The summed E-state index contributed by atoms with van der Waals surface area (Å²) in [6.07, 6.45) is 1.01. The number of rotatable bonds is 6. The number of aryl methyl sites for hydroxylation is 1. The van der Waals surface area contributed by atoms with E-state index in [2.05, 4.69) is 79.6 Å². The summed E-state index contributed by atoms with van der Waals surface area (Å²) in [4.78, 5) is 2.36. The van der Waals surface area contributed by atoms with E-state index in [1.807, 2.05) is 12.1 Å². The fourth-order valence-corrected chi connectivity index (χ4v) is 2.98. The van der Waals surface area contributed by atoms with Gasteiger partial charge in [0.2, 0.25) is 0 Å². The van der Waals surface area contributed by atoms with Crippen molar-refractivity contribution in [1.82, 2.24) is 0 Å². The Hall–Kier alpha value is -2.07. The molecule has 0 aliphatic carbocycles. The molecule has 0 bridgehead atoms. The van der Waals surface area contributed by atoms with Crippen LogP contribution in [0.2, 0.25) is 0 Å². The van der Waals surface area contributed by atoms with Crippen LogP contribution in [0.25, 0.3) is 0 Å². The fraction of sp³-hybridized carbons (Fsp3) is 0.350. The van der Waals surface area contributed by atoms with Crippen molar-refractivity contribution < 1.29 is 0 Å². The lowest BCUT2D eigenvalue weighted by Crippen LogP contribution is -2.30. The molecule has 2 aromatic rings. The van der Waals surface area contributed by atoms with E-state index in [0.717, 1.165) is 24.3 Å². The van der Waals surface area contributed by atoms with Crippen molar-refractivity contribution in [2.75, 3.05) is 22.1 Å². The molecule has 3 nitrogen and oxygen atoms in total. The van der Waals surface area contributed by atoms with Gasteiger partial charge in [-0.15, -0.1) is 0 Å². The molecule has 0 amide bonds. The van der Waals surface area contributed by atoms with E-state index in [0.29, 0.717) is 11.2 Å². The molecule has 0 saturated carbocycles. The summed E-state index contributed by atoms with van der Waals surface area (Å²) < 4.78 is 0. The van der Waals surface area contributed by atoms with Crippen LogP contribution in [-0.2, 0) is 6.42 Å². The number of hydrogen-bond donors (Lipinski definition) is 2. The normalized spacial score (nSPS) is 10.5. The zero-order valence-electron chi connectivity index (χ0n) is 15.0. The fourth-order valence-electron chi connectivity index (χ4n) is 2.74. The zero-order valence-corrected chi connectivity index (χ0v) is 15.8. The Kier molecular flexibility index (Phi) is 6.62. The number of nitrogens with zero attached hydrogens (tertiary/aromatic N) is 1. The minimum absolute atomic E-state index is 0.488. The van der Waals surface area contributed by atoms with Crippen LogP contribution in [0, 0.1) is 0 Å². The van der Waals surface area contributed by atoms with Crippen molar-refractivity contribution in [2.45, 2.75) is 40.2 Å². The van der Waals surface area contributed by atoms with Gasteiger partial charge in [0.25, 0.3) is 0 Å². The molecule has 0 saturated heterocycles. The third kappa shape index (κ3) is 4.96. The van der Waals surface area contributed by atoms with E-state index in [9.17, 15) is 0 Å². The van der Waals surface area contributed by atoms with Gasteiger partial charge in [0.05, 0.1) is 0 Å². The Balaban J connectivity index is 1.99. The van der Waals surface area contributed by atoms with Gasteiger partial charge in [0.15, 0.2) is 5.11 Å². The van der Waals surface area contributed by atoms with E-state index < -0.39 is 0 Å². The molecule has 0 spiro atoms. The van der Waals surface area contributed by atoms with E-state index in [4.69, 9.17) is 12.2 Å². The lowest BCUT2D eigenvalue weighted by molar-refractivity contribution is 0.704. The number of nitrogens with one attached hydrogen (secondary N) is 2. The Morgan fingerprint density at radius 1 is 1.00 bits per heavy atom. The van der Waals surface area contributed by atoms with Crippen molar-refractivity contribution in [2.24, 2.45) is 0 Å². The molecule has 128 valence electrons. The Bertz CT molecular complexity index is 665. The lowest BCUT2D eigenvalue weighted by atomic mass is 10.1. The van der Waals surface area contributed by atoms with Gasteiger partial charge in [-0.1, -0.05) is 19.1 Å². The molecule has 0 unspecified atom stereocenters. The SMILES string of the molecule is CCc1cccc(NC(=S)Nc2ccc(N(CC)C(C)C)cc2)c1. The van der Waals surface area contributed by atoms with Gasteiger partial charge in [0.1, 0.15) is 0 Å². The van der Waals surface area contributed by atoms with Crippen LogP contribution >= 0.6 is 12.2 Å². The topological polar surface area (TPSA) is 27.3 Å². The van der Waals surface area contributed by atoms with Crippen LogP contribution in [0.15, 0.2) is 48.5 Å². The minimum atomic E-state index is 0.488. The second-order valence-corrected chi connectivity index (χ2v) is 6.47. The zero-order chi connectivity index (χ0) is 17.5. The third-order valence-corrected chi connectivity index (χ3v) is 4.22. The lowest BCUT2D eigenvalue weighted by Gasteiger charge is -2.27. The standard InChI is InChI=1S/C20H27N3S/c1-5-16-8-7-9-18(14-16)22-20(24)21-17-10-12-19(13-11-17)23(6-2)15(3)4/h7-15H,5-6H2,1-4H3,(H2,21,22,24). The number of hydrogen-bond acceptors (Lipinski definition) is 2. The van der Waals surface area contributed by atoms with Gasteiger partial charge >= 0.3 is 0 Å². The summed E-state index contributed by atoms with van der Waals surface area (Å²) in [5.74, 6) is 0. The highest BCUT2D eigenvalue weighted by atomic mass is 32.1. The van der Waals surface area contributed by atoms with Crippen LogP contribution < -0.4 is 15.5 Å². The molecule has 2 N–H and O–H groups in total. The third-order valence-electron chi connectivity index (χ3n) is 4.01. The first kappa shape index (κ1) is 18.3. The molecule has 0 aliphatic rings. The summed E-state index contributed by atoms with van der Waals surface area (Å²) in [7, 11) is 0. The minimum Gasteiger partial charge on any atom is -0.369 e. The van der Waals surface area contributed by atoms with Crippen molar-refractivity contribution in [1.29, 1.82) is 0 Å². The van der Waals surface area contributed by atoms with E-state index in [-0.39, 0.29) is 0 Å². The van der Waals surface area contributed by atoms with Crippen molar-refractivity contribution in [3.8, 4) is 0 Å². The molecule has 0 radical (unpaired) electrons. The molecule has 0 aliphatic heterocycles. The summed E-state index contributed by atoms with van der Waals surface area (Å²) >= 11 is 5.41. The van der Waals surface area contributed by atoms with Crippen molar-refractivity contribution >= 4 is 34.4 Å². The summed E-state index contributed by atoms with van der Waals surface area (Å²) in [5.41, 5.74) is 4.52. The average Bonchev–Trinajstić information content (AvgIpc) is 2.57. The second kappa shape index (κ2) is 8.69. The van der Waals surface area contributed by atoms with Crippen LogP contribution in [0.5, 0.6) is 0 Å². The van der Waals surface area contributed by atoms with Gasteiger partial charge in [0, 0.05) is 29.6 Å². The summed E-state index contributed by atoms with van der Waals surface area (Å²) in [6, 6.07) is 17.2. The van der Waals surface area contributed by atoms with Crippen LogP contribution in [0.4, 0.5) is 17.1 Å². The largest absolute Gasteiger partial charge is 0.369 e. The average molecular weight is 342 g/mol. The smallest absolute Gasteiger partial charge is 0.175 e. The first-order valence-corrected chi connectivity index (χ1v) is 8.98. The Morgan fingerprint density at radius 3 is 2.25 bits per heavy atom. The van der Waals surface area contributed by atoms with Gasteiger partial charge in [-0.2, -0.15) is 0 Å². The number of anilines is 3. The van der Waals surface area contributed by atoms with E-state index >= 15 is 0 Å². The maximum absolute atomic E-state index is 5.41. The predicted octanol–water partition coefficient (Wildman–Crippen LogP) is 5.29. The summed E-state index contributed by atoms with van der Waals surface area (Å²) in [5, 5.41) is 7.09. The Labute approximate surface area is 151 Å². The van der Waals surface area contributed by atoms with Crippen LogP contribution in [0.3, 0.4) is 0 Å². The maximum atomic E-state index is 5.41. The summed E-state index contributed by atoms with van der Waals surface area (Å²) in [6.45, 7) is 9.74. The molecule has 0 heterocycles. The van der Waals surface area contributed by atoms with Gasteiger partial charge < -0.3 is 15.5 Å². The molecule has 0 atom stereocenters. The molecular formula is C20H27N3S.